The molecule has 0 radical (unpaired) electrons. The number of nitrogens with two attached hydrogens (primary N) is 1. The predicted molar refractivity (Wildman–Crippen MR) is 38.2 cm³/mol. The average molecular weight is 193 g/mol. The first-order chi connectivity index (χ1) is 6.06. The fourth-order valence-electron chi connectivity index (χ4n) is 1.13. The Morgan fingerprint density at radius 2 is 2.15 bits per heavy atom. The first-order valence-corrected chi connectivity index (χ1v) is 3.66. The summed E-state index contributed by atoms with van der Waals surface area (Å²) in [6.45, 7) is 0. The summed E-state index contributed by atoms with van der Waals surface area (Å²) < 4.78 is 4.72. The van der Waals surface area contributed by atoms with Crippen molar-refractivity contribution in [1.82, 2.24) is 0 Å². The van der Waals surface area contributed by atoms with Gasteiger partial charge in [0.15, 0.2) is 12.4 Å². The summed E-state index contributed by atoms with van der Waals surface area (Å²) in [5.41, 5.74) is 0. The quantitative estimate of drug-likeness (QED) is 0.367. The molecule has 0 spiro atoms. The molecule has 0 aromatic rings. The standard InChI is InChI=1S/C6H11NO6/c7-13-3-1-2(8)4(9)5(12-3)6(10)11/h2-5,8-9H,1,7H2,(H,10,11)/t2-,3-,4+,5+/m1/s1. The van der Waals surface area contributed by atoms with Crippen molar-refractivity contribution in [2.75, 3.05) is 0 Å². The number of carboxylic acid groups (broad SMARTS) is 1. The van der Waals surface area contributed by atoms with Crippen LogP contribution in [0.4, 0.5) is 0 Å². The van der Waals surface area contributed by atoms with E-state index < -0.39 is 30.6 Å². The molecule has 1 heterocycles. The molecular weight excluding hydrogens is 182 g/mol. The van der Waals surface area contributed by atoms with E-state index in [0.29, 0.717) is 0 Å². The maximum atomic E-state index is 10.5. The Labute approximate surface area is 73.6 Å². The zero-order valence-corrected chi connectivity index (χ0v) is 6.66. The molecule has 13 heavy (non-hydrogen) atoms. The van der Waals surface area contributed by atoms with E-state index in [0.717, 1.165) is 0 Å². The molecule has 76 valence electrons. The van der Waals surface area contributed by atoms with Crippen molar-refractivity contribution in [2.45, 2.75) is 31.0 Å². The van der Waals surface area contributed by atoms with Crippen molar-refractivity contribution in [3.63, 3.8) is 0 Å². The molecule has 7 nitrogen and oxygen atoms in total. The van der Waals surface area contributed by atoms with Crippen molar-refractivity contribution in [3.05, 3.63) is 0 Å². The van der Waals surface area contributed by atoms with Crippen LogP contribution in [-0.4, -0.2) is 45.9 Å². The molecule has 0 unspecified atom stereocenters. The lowest BCUT2D eigenvalue weighted by Gasteiger charge is -2.33. The van der Waals surface area contributed by atoms with Crippen molar-refractivity contribution in [2.24, 2.45) is 5.90 Å². The molecule has 0 bridgehead atoms. The van der Waals surface area contributed by atoms with Crippen LogP contribution < -0.4 is 5.90 Å². The van der Waals surface area contributed by atoms with Gasteiger partial charge in [-0.25, -0.2) is 10.7 Å². The second kappa shape index (κ2) is 3.99. The molecular formula is C6H11NO6. The van der Waals surface area contributed by atoms with Crippen molar-refractivity contribution < 1.29 is 29.7 Å². The summed E-state index contributed by atoms with van der Waals surface area (Å²) in [6, 6.07) is 0. The highest BCUT2D eigenvalue weighted by molar-refractivity contribution is 5.73. The summed E-state index contributed by atoms with van der Waals surface area (Å²) in [5.74, 6) is 3.40. The van der Waals surface area contributed by atoms with Crippen LogP contribution in [0.25, 0.3) is 0 Å². The smallest absolute Gasteiger partial charge is 0.335 e. The van der Waals surface area contributed by atoms with Crippen LogP contribution in [0.1, 0.15) is 6.42 Å². The fraction of sp³-hybridized carbons (Fsp3) is 0.833. The minimum Gasteiger partial charge on any atom is -0.479 e. The number of rotatable bonds is 2. The Balaban J connectivity index is 2.66. The summed E-state index contributed by atoms with van der Waals surface area (Å²) in [5, 5.41) is 26.9. The van der Waals surface area contributed by atoms with Crippen LogP contribution >= 0.6 is 0 Å². The third-order valence-corrected chi connectivity index (χ3v) is 1.83. The van der Waals surface area contributed by atoms with Crippen LogP contribution in [0.2, 0.25) is 0 Å². The number of hydrogen-bond acceptors (Lipinski definition) is 6. The minimum atomic E-state index is -1.50. The van der Waals surface area contributed by atoms with Gasteiger partial charge in [0.1, 0.15) is 6.10 Å². The lowest BCUT2D eigenvalue weighted by molar-refractivity contribution is -0.253. The highest BCUT2D eigenvalue weighted by Crippen LogP contribution is 2.20. The second-order valence-electron chi connectivity index (χ2n) is 2.75. The van der Waals surface area contributed by atoms with Gasteiger partial charge in [-0.15, -0.1) is 0 Å². The first-order valence-electron chi connectivity index (χ1n) is 3.66. The zero-order valence-electron chi connectivity index (χ0n) is 6.66. The Morgan fingerprint density at radius 3 is 2.62 bits per heavy atom. The molecule has 1 rings (SSSR count). The van der Waals surface area contributed by atoms with Crippen molar-refractivity contribution in [1.29, 1.82) is 0 Å². The van der Waals surface area contributed by atoms with Gasteiger partial charge in [-0.2, -0.15) is 0 Å². The van der Waals surface area contributed by atoms with Crippen LogP contribution in [0, 0.1) is 0 Å². The summed E-state index contributed by atoms with van der Waals surface area (Å²) in [7, 11) is 0. The highest BCUT2D eigenvalue weighted by atomic mass is 16.8. The molecule has 0 amide bonds. The Hall–Kier alpha value is -0.730. The molecule has 5 N–H and O–H groups in total. The van der Waals surface area contributed by atoms with Gasteiger partial charge in [0.25, 0.3) is 0 Å². The second-order valence-corrected chi connectivity index (χ2v) is 2.75. The zero-order chi connectivity index (χ0) is 10.0. The lowest BCUT2D eigenvalue weighted by atomic mass is 10.0. The molecule has 1 aliphatic heterocycles. The maximum Gasteiger partial charge on any atom is 0.335 e. The van der Waals surface area contributed by atoms with Crippen LogP contribution in [-0.2, 0) is 14.4 Å². The lowest BCUT2D eigenvalue weighted by Crippen LogP contribution is -2.52. The average Bonchev–Trinajstić information content (AvgIpc) is 2.09. The molecule has 7 heteroatoms. The Kier molecular flexibility index (Phi) is 3.17. The normalized spacial score (nSPS) is 40.2. The van der Waals surface area contributed by atoms with E-state index in [1.807, 2.05) is 0 Å². The maximum absolute atomic E-state index is 10.5. The summed E-state index contributed by atoms with van der Waals surface area (Å²) in [6.07, 6.45) is -5.22. The van der Waals surface area contributed by atoms with E-state index in [2.05, 4.69) is 4.84 Å². The number of aliphatic hydroxyl groups is 2. The van der Waals surface area contributed by atoms with Gasteiger partial charge in [0, 0.05) is 6.42 Å². The predicted octanol–water partition coefficient (Wildman–Crippen LogP) is -2.20. The summed E-state index contributed by atoms with van der Waals surface area (Å²) >= 11 is 0. The molecule has 0 saturated carbocycles. The largest absolute Gasteiger partial charge is 0.479 e. The number of ether oxygens (including phenoxy) is 1. The SMILES string of the molecule is NO[C@@H]1C[C@@H](O)[C@H](O)[C@@H](C(=O)O)O1. The molecule has 1 fully saturated rings. The number of carbonyl (C=O) groups is 1. The Morgan fingerprint density at radius 1 is 1.54 bits per heavy atom. The molecule has 0 aliphatic carbocycles. The summed E-state index contributed by atoms with van der Waals surface area (Å²) in [4.78, 5) is 14.7. The monoisotopic (exact) mass is 193 g/mol. The molecule has 0 aromatic heterocycles. The topological polar surface area (TPSA) is 122 Å². The number of aliphatic hydroxyl groups excluding tert-OH is 2. The van der Waals surface area contributed by atoms with Crippen LogP contribution in [0.3, 0.4) is 0 Å². The van der Waals surface area contributed by atoms with Gasteiger partial charge in [-0.1, -0.05) is 0 Å². The van der Waals surface area contributed by atoms with Crippen molar-refractivity contribution in [3.8, 4) is 0 Å². The minimum absolute atomic E-state index is 0.0541. The van der Waals surface area contributed by atoms with Gasteiger partial charge < -0.3 is 20.1 Å². The van der Waals surface area contributed by atoms with Gasteiger partial charge in [-0.3, -0.25) is 4.84 Å². The number of aliphatic carboxylic acids is 1. The van der Waals surface area contributed by atoms with E-state index in [9.17, 15) is 4.79 Å². The van der Waals surface area contributed by atoms with Gasteiger partial charge >= 0.3 is 5.97 Å². The fourth-order valence-corrected chi connectivity index (χ4v) is 1.13. The van der Waals surface area contributed by atoms with E-state index in [4.69, 9.17) is 26.0 Å². The third-order valence-electron chi connectivity index (χ3n) is 1.83. The van der Waals surface area contributed by atoms with Gasteiger partial charge in [0.05, 0.1) is 6.10 Å². The number of carboxylic acids is 1. The van der Waals surface area contributed by atoms with E-state index in [1.165, 1.54) is 0 Å². The van der Waals surface area contributed by atoms with E-state index in [1.54, 1.807) is 0 Å². The highest BCUT2D eigenvalue weighted by Gasteiger charge is 2.41. The molecule has 1 saturated heterocycles. The van der Waals surface area contributed by atoms with E-state index >= 15 is 0 Å². The first kappa shape index (κ1) is 10.4. The van der Waals surface area contributed by atoms with Crippen LogP contribution in [0.5, 0.6) is 0 Å². The molecule has 4 atom stereocenters. The van der Waals surface area contributed by atoms with E-state index in [-0.39, 0.29) is 6.42 Å². The van der Waals surface area contributed by atoms with Crippen LogP contribution in [0.15, 0.2) is 0 Å². The number of hydrogen-bond donors (Lipinski definition) is 4. The van der Waals surface area contributed by atoms with Gasteiger partial charge in [0.2, 0.25) is 0 Å². The van der Waals surface area contributed by atoms with Gasteiger partial charge in [-0.05, 0) is 0 Å². The molecule has 1 aliphatic rings. The molecule has 0 aromatic carbocycles. The third kappa shape index (κ3) is 2.14. The van der Waals surface area contributed by atoms with Crippen molar-refractivity contribution >= 4 is 5.97 Å². The Bertz CT molecular complexity index is 198.